The summed E-state index contributed by atoms with van der Waals surface area (Å²) in [7, 11) is 1.71. The largest absolute Gasteiger partial charge is 0.383 e. The number of rotatable bonds is 4. The van der Waals surface area contributed by atoms with Crippen LogP contribution < -0.4 is 0 Å². The Morgan fingerprint density at radius 3 is 3.09 bits per heavy atom. The van der Waals surface area contributed by atoms with Crippen molar-refractivity contribution in [3.63, 3.8) is 0 Å². The maximum atomic E-state index is 4.97. The molecular formula is C8H14N2O. The number of ether oxygens (including phenoxy) is 1. The summed E-state index contributed by atoms with van der Waals surface area (Å²) in [4.78, 5) is 4.19. The average molecular weight is 154 g/mol. The minimum absolute atomic E-state index is 0.753. The molecule has 11 heavy (non-hydrogen) atoms. The van der Waals surface area contributed by atoms with Gasteiger partial charge in [-0.25, -0.2) is 4.98 Å². The average Bonchev–Trinajstić information content (AvgIpc) is 2.47. The van der Waals surface area contributed by atoms with Crippen molar-refractivity contribution in [2.24, 2.45) is 0 Å². The van der Waals surface area contributed by atoms with Crippen molar-refractivity contribution in [2.45, 2.75) is 19.9 Å². The monoisotopic (exact) mass is 154 g/mol. The lowest BCUT2D eigenvalue weighted by Crippen LogP contribution is -2.06. The van der Waals surface area contributed by atoms with Crippen molar-refractivity contribution >= 4 is 0 Å². The van der Waals surface area contributed by atoms with Crippen LogP contribution in [0.4, 0.5) is 0 Å². The van der Waals surface area contributed by atoms with E-state index in [2.05, 4.69) is 16.5 Å². The number of nitrogens with zero attached hydrogens (tertiary/aromatic N) is 2. The molecule has 0 unspecified atom stereocenters. The fourth-order valence-corrected chi connectivity index (χ4v) is 1.05. The van der Waals surface area contributed by atoms with E-state index in [0.717, 1.165) is 25.4 Å². The predicted octanol–water partition coefficient (Wildman–Crippen LogP) is 1.09. The predicted molar refractivity (Wildman–Crippen MR) is 43.5 cm³/mol. The van der Waals surface area contributed by atoms with Gasteiger partial charge in [-0.05, 0) is 0 Å². The molecule has 0 bridgehead atoms. The van der Waals surface area contributed by atoms with Gasteiger partial charge < -0.3 is 9.30 Å². The number of aryl methyl sites for hydroxylation is 1. The zero-order valence-corrected chi connectivity index (χ0v) is 7.08. The van der Waals surface area contributed by atoms with Crippen LogP contribution in [0.25, 0.3) is 0 Å². The van der Waals surface area contributed by atoms with Crippen molar-refractivity contribution in [1.82, 2.24) is 9.55 Å². The Hall–Kier alpha value is -0.830. The van der Waals surface area contributed by atoms with E-state index in [4.69, 9.17) is 4.74 Å². The molecule has 3 nitrogen and oxygen atoms in total. The van der Waals surface area contributed by atoms with Crippen molar-refractivity contribution in [1.29, 1.82) is 0 Å². The second kappa shape index (κ2) is 4.13. The standard InChI is InChI=1S/C8H14N2O/c1-3-8-9-4-5-10(8)6-7-11-2/h4-5H,3,6-7H2,1-2H3. The lowest BCUT2D eigenvalue weighted by molar-refractivity contribution is 0.186. The number of methoxy groups -OCH3 is 1. The van der Waals surface area contributed by atoms with Crippen LogP contribution in [0.15, 0.2) is 12.4 Å². The first kappa shape index (κ1) is 8.27. The molecule has 1 aromatic heterocycles. The molecule has 0 N–H and O–H groups in total. The molecule has 1 heterocycles. The molecule has 1 aromatic rings. The maximum Gasteiger partial charge on any atom is 0.108 e. The molecule has 0 aliphatic heterocycles. The van der Waals surface area contributed by atoms with Crippen molar-refractivity contribution in [2.75, 3.05) is 13.7 Å². The van der Waals surface area contributed by atoms with Crippen LogP contribution in [-0.4, -0.2) is 23.3 Å². The molecule has 3 heteroatoms. The Bertz CT molecular complexity index is 208. The summed E-state index contributed by atoms with van der Waals surface area (Å²) in [5, 5.41) is 0. The van der Waals surface area contributed by atoms with Crippen LogP contribution in [0.3, 0.4) is 0 Å². The van der Waals surface area contributed by atoms with Crippen LogP contribution in [0.5, 0.6) is 0 Å². The summed E-state index contributed by atoms with van der Waals surface area (Å²) < 4.78 is 7.08. The fraction of sp³-hybridized carbons (Fsp3) is 0.625. The van der Waals surface area contributed by atoms with E-state index >= 15 is 0 Å². The highest BCUT2D eigenvalue weighted by Gasteiger charge is 1.97. The second-order valence-corrected chi connectivity index (χ2v) is 2.38. The molecular weight excluding hydrogens is 140 g/mol. The SMILES string of the molecule is CCc1nccn1CCOC. The van der Waals surface area contributed by atoms with Gasteiger partial charge in [-0.1, -0.05) is 6.92 Å². The zero-order chi connectivity index (χ0) is 8.10. The van der Waals surface area contributed by atoms with Gasteiger partial charge in [-0.2, -0.15) is 0 Å². The fourth-order valence-electron chi connectivity index (χ4n) is 1.05. The zero-order valence-electron chi connectivity index (χ0n) is 7.08. The smallest absolute Gasteiger partial charge is 0.108 e. The van der Waals surface area contributed by atoms with E-state index < -0.39 is 0 Å². The van der Waals surface area contributed by atoms with Gasteiger partial charge in [0.25, 0.3) is 0 Å². The topological polar surface area (TPSA) is 27.1 Å². The van der Waals surface area contributed by atoms with E-state index in [1.54, 1.807) is 7.11 Å². The maximum absolute atomic E-state index is 4.97. The Morgan fingerprint density at radius 1 is 1.64 bits per heavy atom. The third-order valence-electron chi connectivity index (χ3n) is 1.65. The summed E-state index contributed by atoms with van der Waals surface area (Å²) in [6.07, 6.45) is 4.79. The molecule has 0 saturated carbocycles. The Morgan fingerprint density at radius 2 is 2.45 bits per heavy atom. The van der Waals surface area contributed by atoms with Crippen molar-refractivity contribution < 1.29 is 4.74 Å². The summed E-state index contributed by atoms with van der Waals surface area (Å²) >= 11 is 0. The van der Waals surface area contributed by atoms with Crippen LogP contribution in [0, 0.1) is 0 Å². The van der Waals surface area contributed by atoms with Gasteiger partial charge in [-0.3, -0.25) is 0 Å². The second-order valence-electron chi connectivity index (χ2n) is 2.38. The number of hydrogen-bond acceptors (Lipinski definition) is 2. The molecule has 0 aliphatic carbocycles. The van der Waals surface area contributed by atoms with E-state index in [9.17, 15) is 0 Å². The van der Waals surface area contributed by atoms with E-state index in [1.807, 2.05) is 12.4 Å². The highest BCUT2D eigenvalue weighted by Crippen LogP contribution is 1.97. The molecule has 1 rings (SSSR count). The van der Waals surface area contributed by atoms with E-state index in [-0.39, 0.29) is 0 Å². The minimum atomic E-state index is 0.753. The highest BCUT2D eigenvalue weighted by molar-refractivity contribution is 4.91. The van der Waals surface area contributed by atoms with Crippen molar-refractivity contribution in [3.8, 4) is 0 Å². The van der Waals surface area contributed by atoms with Gasteiger partial charge in [0.05, 0.1) is 6.61 Å². The van der Waals surface area contributed by atoms with E-state index in [1.165, 1.54) is 0 Å². The molecule has 0 amide bonds. The van der Waals surface area contributed by atoms with Crippen LogP contribution in [0.2, 0.25) is 0 Å². The molecule has 0 fully saturated rings. The van der Waals surface area contributed by atoms with Gasteiger partial charge >= 0.3 is 0 Å². The van der Waals surface area contributed by atoms with Gasteiger partial charge in [-0.15, -0.1) is 0 Å². The summed E-state index contributed by atoms with van der Waals surface area (Å²) in [6.45, 7) is 3.76. The van der Waals surface area contributed by atoms with Gasteiger partial charge in [0.1, 0.15) is 5.82 Å². The van der Waals surface area contributed by atoms with Gasteiger partial charge in [0.15, 0.2) is 0 Å². The Labute approximate surface area is 67.0 Å². The first-order valence-corrected chi connectivity index (χ1v) is 3.87. The van der Waals surface area contributed by atoms with Crippen molar-refractivity contribution in [3.05, 3.63) is 18.2 Å². The van der Waals surface area contributed by atoms with Gasteiger partial charge in [0.2, 0.25) is 0 Å². The highest BCUT2D eigenvalue weighted by atomic mass is 16.5. The molecule has 0 atom stereocenters. The third-order valence-corrected chi connectivity index (χ3v) is 1.65. The van der Waals surface area contributed by atoms with Crippen LogP contribution in [-0.2, 0) is 17.7 Å². The Balaban J connectivity index is 2.54. The lowest BCUT2D eigenvalue weighted by atomic mass is 10.4. The normalized spacial score (nSPS) is 10.4. The van der Waals surface area contributed by atoms with Gasteiger partial charge in [0, 0.05) is 32.5 Å². The van der Waals surface area contributed by atoms with Crippen LogP contribution in [0.1, 0.15) is 12.7 Å². The molecule has 0 saturated heterocycles. The molecule has 0 spiro atoms. The molecule has 0 radical (unpaired) electrons. The molecule has 0 aliphatic rings. The quantitative estimate of drug-likeness (QED) is 0.649. The molecule has 62 valence electrons. The van der Waals surface area contributed by atoms with Crippen LogP contribution >= 0.6 is 0 Å². The lowest BCUT2D eigenvalue weighted by Gasteiger charge is -2.03. The third kappa shape index (κ3) is 2.05. The van der Waals surface area contributed by atoms with E-state index in [0.29, 0.717) is 0 Å². The minimum Gasteiger partial charge on any atom is -0.383 e. The number of hydrogen-bond donors (Lipinski definition) is 0. The molecule has 0 aromatic carbocycles. The first-order valence-electron chi connectivity index (χ1n) is 3.87. The Kier molecular flexibility index (Phi) is 3.11. The summed E-state index contributed by atoms with van der Waals surface area (Å²) in [5.41, 5.74) is 0. The summed E-state index contributed by atoms with van der Waals surface area (Å²) in [5.74, 6) is 1.13. The number of aromatic nitrogens is 2. The summed E-state index contributed by atoms with van der Waals surface area (Å²) in [6, 6.07) is 0. The number of imidazole rings is 1. The first-order chi connectivity index (χ1) is 5.38.